The number of benzene rings is 3. The zero-order valence-electron chi connectivity index (χ0n) is 16.5. The first-order chi connectivity index (χ1) is 14.6. The van der Waals surface area contributed by atoms with Crippen molar-refractivity contribution in [3.63, 3.8) is 0 Å². The van der Waals surface area contributed by atoms with Crippen LogP contribution < -0.4 is 4.90 Å². The van der Waals surface area contributed by atoms with Crippen molar-refractivity contribution in [1.29, 1.82) is 0 Å². The van der Waals surface area contributed by atoms with E-state index in [4.69, 9.17) is 4.74 Å². The van der Waals surface area contributed by atoms with Gasteiger partial charge in [0, 0.05) is 10.6 Å². The molecular formula is C24H22N2O4. The van der Waals surface area contributed by atoms with Gasteiger partial charge in [-0.05, 0) is 23.3 Å². The minimum atomic E-state index is -1.03. The molecule has 0 radical (unpaired) electrons. The molecule has 1 fully saturated rings. The molecule has 4 atom stereocenters. The average Bonchev–Trinajstić information content (AvgIpc) is 3.17. The third-order valence-electron chi connectivity index (χ3n) is 5.70. The van der Waals surface area contributed by atoms with Gasteiger partial charge in [0.05, 0.1) is 13.0 Å². The standard InChI is InChI=1S/C24H22N2O4/c1-30-24(27)23-20(17-11-5-2-6-12-17)22(26(28)29)21(18-13-7-3-8-14-18)25(23)19-15-9-4-10-16-19/h2-16,20-23H,1H3/t20-,21-,22-,23+/m0/s1. The largest absolute Gasteiger partial charge is 0.467 e. The van der Waals surface area contributed by atoms with Crippen LogP contribution in [0.2, 0.25) is 0 Å². The average molecular weight is 402 g/mol. The summed E-state index contributed by atoms with van der Waals surface area (Å²) in [4.78, 5) is 27.1. The first kappa shape index (κ1) is 19.6. The minimum absolute atomic E-state index is 0.256. The van der Waals surface area contributed by atoms with Gasteiger partial charge in [0.15, 0.2) is 0 Å². The lowest BCUT2D eigenvalue weighted by Gasteiger charge is -2.31. The van der Waals surface area contributed by atoms with E-state index >= 15 is 0 Å². The molecule has 0 amide bonds. The Morgan fingerprint density at radius 1 is 0.867 bits per heavy atom. The SMILES string of the molecule is COC(=O)[C@H]1[C@@H](c2ccccc2)[C@H]([N+](=O)[O-])[C@H](c2ccccc2)N1c1ccccc1. The number of nitro groups is 1. The smallest absolute Gasteiger partial charge is 0.329 e. The number of ether oxygens (including phenoxy) is 1. The molecule has 0 unspecified atom stereocenters. The highest BCUT2D eigenvalue weighted by Gasteiger charge is 2.59. The van der Waals surface area contributed by atoms with E-state index in [0.29, 0.717) is 0 Å². The van der Waals surface area contributed by atoms with Gasteiger partial charge in [-0.1, -0.05) is 78.9 Å². The van der Waals surface area contributed by atoms with E-state index in [1.807, 2.05) is 95.9 Å². The first-order valence-corrected chi connectivity index (χ1v) is 9.78. The van der Waals surface area contributed by atoms with E-state index < -0.39 is 30.0 Å². The summed E-state index contributed by atoms with van der Waals surface area (Å²) in [6.45, 7) is 0. The van der Waals surface area contributed by atoms with Crippen molar-refractivity contribution in [3.8, 4) is 0 Å². The van der Waals surface area contributed by atoms with Gasteiger partial charge in [0.1, 0.15) is 12.1 Å². The molecule has 1 aliphatic heterocycles. The Kier molecular flexibility index (Phi) is 5.48. The van der Waals surface area contributed by atoms with E-state index in [1.165, 1.54) is 7.11 Å². The Balaban J connectivity index is 1.98. The number of carbonyl (C=O) groups is 1. The predicted molar refractivity (Wildman–Crippen MR) is 114 cm³/mol. The number of nitrogens with zero attached hydrogens (tertiary/aromatic N) is 2. The van der Waals surface area contributed by atoms with E-state index in [2.05, 4.69) is 0 Å². The Bertz CT molecular complexity index is 1010. The molecule has 1 aliphatic rings. The Morgan fingerprint density at radius 3 is 1.87 bits per heavy atom. The van der Waals surface area contributed by atoms with Gasteiger partial charge in [-0.25, -0.2) is 4.79 Å². The Morgan fingerprint density at radius 2 is 1.37 bits per heavy atom. The van der Waals surface area contributed by atoms with Gasteiger partial charge in [0.25, 0.3) is 0 Å². The van der Waals surface area contributed by atoms with Crippen LogP contribution in [0.3, 0.4) is 0 Å². The summed E-state index contributed by atoms with van der Waals surface area (Å²) in [5, 5.41) is 12.4. The Labute approximate surface area is 174 Å². The molecule has 0 saturated carbocycles. The van der Waals surface area contributed by atoms with Gasteiger partial charge in [-0.3, -0.25) is 10.1 Å². The maximum absolute atomic E-state index is 13.0. The summed E-state index contributed by atoms with van der Waals surface area (Å²) in [5.41, 5.74) is 2.27. The molecule has 6 nitrogen and oxygen atoms in total. The molecule has 0 aliphatic carbocycles. The molecule has 30 heavy (non-hydrogen) atoms. The highest BCUT2D eigenvalue weighted by Crippen LogP contribution is 2.49. The predicted octanol–water partition coefficient (Wildman–Crippen LogP) is 4.22. The van der Waals surface area contributed by atoms with E-state index in [0.717, 1.165) is 16.8 Å². The lowest BCUT2D eigenvalue weighted by molar-refractivity contribution is -0.526. The molecule has 0 N–H and O–H groups in total. The summed E-state index contributed by atoms with van der Waals surface area (Å²) < 4.78 is 5.15. The van der Waals surface area contributed by atoms with Crippen LogP contribution in [-0.4, -0.2) is 30.1 Å². The molecule has 6 heteroatoms. The van der Waals surface area contributed by atoms with Crippen LogP contribution in [-0.2, 0) is 9.53 Å². The lowest BCUT2D eigenvalue weighted by atomic mass is 9.85. The van der Waals surface area contributed by atoms with Crippen LogP contribution >= 0.6 is 0 Å². The van der Waals surface area contributed by atoms with Crippen molar-refractivity contribution in [2.75, 3.05) is 12.0 Å². The fraction of sp³-hybridized carbons (Fsp3) is 0.208. The zero-order valence-corrected chi connectivity index (χ0v) is 16.5. The number of anilines is 1. The second-order valence-corrected chi connectivity index (χ2v) is 7.28. The van der Waals surface area contributed by atoms with Crippen LogP contribution in [0, 0.1) is 10.1 Å². The fourth-order valence-electron chi connectivity index (χ4n) is 4.51. The van der Waals surface area contributed by atoms with Crippen LogP contribution in [0.5, 0.6) is 0 Å². The number of methoxy groups -OCH3 is 1. The molecule has 0 spiro atoms. The minimum Gasteiger partial charge on any atom is -0.467 e. The van der Waals surface area contributed by atoms with Gasteiger partial charge >= 0.3 is 5.97 Å². The summed E-state index contributed by atoms with van der Waals surface area (Å²) >= 11 is 0. The number of rotatable bonds is 5. The summed E-state index contributed by atoms with van der Waals surface area (Å²) in [7, 11) is 1.32. The van der Waals surface area contributed by atoms with Gasteiger partial charge in [-0.2, -0.15) is 0 Å². The molecule has 152 valence electrons. The molecule has 0 aromatic heterocycles. The number of esters is 1. The monoisotopic (exact) mass is 402 g/mol. The van der Waals surface area contributed by atoms with Gasteiger partial charge < -0.3 is 9.64 Å². The summed E-state index contributed by atoms with van der Waals surface area (Å²) in [6.07, 6.45) is 0. The number of carbonyl (C=O) groups excluding carboxylic acids is 1. The zero-order chi connectivity index (χ0) is 21.1. The van der Waals surface area contributed by atoms with Crippen molar-refractivity contribution in [1.82, 2.24) is 0 Å². The van der Waals surface area contributed by atoms with Crippen LogP contribution in [0.15, 0.2) is 91.0 Å². The van der Waals surface area contributed by atoms with E-state index in [9.17, 15) is 14.9 Å². The highest BCUT2D eigenvalue weighted by molar-refractivity contribution is 5.83. The normalized spacial score (nSPS) is 23.2. The second-order valence-electron chi connectivity index (χ2n) is 7.28. The summed E-state index contributed by atoms with van der Waals surface area (Å²) in [6, 6.07) is 25.4. The Hall–Kier alpha value is -3.67. The van der Waals surface area contributed by atoms with Gasteiger partial charge in [0.2, 0.25) is 6.04 Å². The van der Waals surface area contributed by atoms with Crippen LogP contribution in [0.25, 0.3) is 0 Å². The van der Waals surface area contributed by atoms with Crippen LogP contribution in [0.4, 0.5) is 5.69 Å². The van der Waals surface area contributed by atoms with Crippen molar-refractivity contribution in [2.24, 2.45) is 0 Å². The number of hydrogen-bond donors (Lipinski definition) is 0. The summed E-state index contributed by atoms with van der Waals surface area (Å²) in [5.74, 6) is -1.16. The van der Waals surface area contributed by atoms with Gasteiger partial charge in [-0.15, -0.1) is 0 Å². The maximum Gasteiger partial charge on any atom is 0.329 e. The molecule has 1 heterocycles. The third-order valence-corrected chi connectivity index (χ3v) is 5.70. The van der Waals surface area contributed by atoms with E-state index in [1.54, 1.807) is 0 Å². The first-order valence-electron chi connectivity index (χ1n) is 9.78. The third kappa shape index (κ3) is 3.41. The van der Waals surface area contributed by atoms with Crippen molar-refractivity contribution >= 4 is 11.7 Å². The quantitative estimate of drug-likeness (QED) is 0.363. The maximum atomic E-state index is 13.0. The molecule has 3 aromatic carbocycles. The molecule has 1 saturated heterocycles. The lowest BCUT2D eigenvalue weighted by Crippen LogP contribution is -2.41. The molecule has 3 aromatic rings. The molecular weight excluding hydrogens is 380 g/mol. The second kappa shape index (κ2) is 8.37. The van der Waals surface area contributed by atoms with Crippen molar-refractivity contribution in [3.05, 3.63) is 112 Å². The van der Waals surface area contributed by atoms with Crippen molar-refractivity contribution in [2.45, 2.75) is 24.0 Å². The van der Waals surface area contributed by atoms with E-state index in [-0.39, 0.29) is 4.92 Å². The number of hydrogen-bond acceptors (Lipinski definition) is 5. The van der Waals surface area contributed by atoms with Crippen molar-refractivity contribution < 1.29 is 14.5 Å². The molecule has 4 rings (SSSR count). The van der Waals surface area contributed by atoms with Crippen LogP contribution in [0.1, 0.15) is 23.1 Å². The topological polar surface area (TPSA) is 72.7 Å². The fourth-order valence-corrected chi connectivity index (χ4v) is 4.51. The number of para-hydroxylation sites is 1. The highest BCUT2D eigenvalue weighted by atomic mass is 16.6. The molecule has 0 bridgehead atoms.